The normalized spacial score (nSPS) is 19.1. The second-order valence-corrected chi connectivity index (χ2v) is 5.35. The largest absolute Gasteiger partial charge is 0.496 e. The number of rotatable bonds is 3. The maximum Gasteiger partial charge on any atom is 0.253 e. The van der Waals surface area contributed by atoms with E-state index in [1.807, 2.05) is 4.90 Å². The number of hydrogen-bond donors (Lipinski definition) is 1. The lowest BCUT2D eigenvalue weighted by Crippen LogP contribution is -2.29. The third-order valence-corrected chi connectivity index (χ3v) is 3.92. The molecule has 1 amide bonds. The quantitative estimate of drug-likeness (QED) is 0.927. The van der Waals surface area contributed by atoms with E-state index >= 15 is 0 Å². The number of benzene rings is 1. The summed E-state index contributed by atoms with van der Waals surface area (Å²) >= 11 is 3.39. The van der Waals surface area contributed by atoms with Crippen molar-refractivity contribution in [3.63, 3.8) is 0 Å². The van der Waals surface area contributed by atoms with Crippen LogP contribution in [0, 0.1) is 5.92 Å². The summed E-state index contributed by atoms with van der Waals surface area (Å²) < 4.78 is 5.95. The predicted octanol–water partition coefficient (Wildman–Crippen LogP) is 1.88. The van der Waals surface area contributed by atoms with E-state index in [0.29, 0.717) is 18.0 Å². The molecule has 1 aliphatic rings. The number of amides is 1. The van der Waals surface area contributed by atoms with Gasteiger partial charge in [0.25, 0.3) is 5.91 Å². The molecule has 2 N–H and O–H groups in total. The number of nitrogens with two attached hydrogens (primary N) is 1. The van der Waals surface area contributed by atoms with E-state index in [2.05, 4.69) is 15.9 Å². The van der Waals surface area contributed by atoms with Gasteiger partial charge >= 0.3 is 0 Å². The SMILES string of the molecule is COc1ccc(C(=O)N2CCC(CN)C2)cc1Br. The molecule has 0 aliphatic carbocycles. The Balaban J connectivity index is 2.12. The molecule has 0 saturated carbocycles. The van der Waals surface area contributed by atoms with Crippen LogP contribution in [0.2, 0.25) is 0 Å². The number of ether oxygens (including phenoxy) is 1. The first kappa shape index (κ1) is 13.4. The van der Waals surface area contributed by atoms with Crippen LogP contribution in [-0.4, -0.2) is 37.6 Å². The van der Waals surface area contributed by atoms with Gasteiger partial charge in [-0.15, -0.1) is 0 Å². The van der Waals surface area contributed by atoms with Gasteiger partial charge in [0.1, 0.15) is 5.75 Å². The van der Waals surface area contributed by atoms with Crippen molar-refractivity contribution < 1.29 is 9.53 Å². The van der Waals surface area contributed by atoms with E-state index in [-0.39, 0.29) is 5.91 Å². The summed E-state index contributed by atoms with van der Waals surface area (Å²) in [6.07, 6.45) is 1.000. The zero-order valence-corrected chi connectivity index (χ0v) is 11.9. The van der Waals surface area contributed by atoms with Crippen molar-refractivity contribution in [2.24, 2.45) is 11.7 Å². The molecule has 0 spiro atoms. The molecule has 0 radical (unpaired) electrons. The zero-order chi connectivity index (χ0) is 13.1. The number of nitrogens with zero attached hydrogens (tertiary/aromatic N) is 1. The topological polar surface area (TPSA) is 55.6 Å². The van der Waals surface area contributed by atoms with Gasteiger partial charge in [0.05, 0.1) is 11.6 Å². The summed E-state index contributed by atoms with van der Waals surface area (Å²) in [5.41, 5.74) is 6.32. The number of carbonyl (C=O) groups excluding carboxylic acids is 1. The van der Waals surface area contributed by atoms with E-state index < -0.39 is 0 Å². The van der Waals surface area contributed by atoms with Gasteiger partial charge in [-0.3, -0.25) is 4.79 Å². The highest BCUT2D eigenvalue weighted by Crippen LogP contribution is 2.27. The van der Waals surface area contributed by atoms with Crippen molar-refractivity contribution in [1.82, 2.24) is 4.90 Å². The summed E-state index contributed by atoms with van der Waals surface area (Å²) in [6.45, 7) is 2.21. The minimum Gasteiger partial charge on any atom is -0.496 e. The van der Waals surface area contributed by atoms with E-state index in [4.69, 9.17) is 10.5 Å². The van der Waals surface area contributed by atoms with Crippen molar-refractivity contribution in [2.45, 2.75) is 6.42 Å². The Morgan fingerprint density at radius 1 is 1.61 bits per heavy atom. The summed E-state index contributed by atoms with van der Waals surface area (Å²) in [6, 6.07) is 5.40. The Morgan fingerprint density at radius 3 is 2.94 bits per heavy atom. The number of halogens is 1. The maximum absolute atomic E-state index is 12.3. The molecule has 0 bridgehead atoms. The third-order valence-electron chi connectivity index (χ3n) is 3.31. The molecule has 1 aliphatic heterocycles. The highest BCUT2D eigenvalue weighted by Gasteiger charge is 2.26. The number of carbonyl (C=O) groups is 1. The lowest BCUT2D eigenvalue weighted by Gasteiger charge is -2.16. The maximum atomic E-state index is 12.3. The number of likely N-dealkylation sites (tertiary alicyclic amines) is 1. The van der Waals surface area contributed by atoms with Crippen molar-refractivity contribution in [3.8, 4) is 5.75 Å². The Morgan fingerprint density at radius 2 is 2.39 bits per heavy atom. The van der Waals surface area contributed by atoms with Crippen LogP contribution in [-0.2, 0) is 0 Å². The average Bonchev–Trinajstić information content (AvgIpc) is 2.86. The summed E-state index contributed by atoms with van der Waals surface area (Å²) in [5.74, 6) is 1.23. The Bertz CT molecular complexity index is 451. The lowest BCUT2D eigenvalue weighted by molar-refractivity contribution is 0.0787. The highest BCUT2D eigenvalue weighted by molar-refractivity contribution is 9.10. The van der Waals surface area contributed by atoms with Gasteiger partial charge in [-0.2, -0.15) is 0 Å². The first-order valence-electron chi connectivity index (χ1n) is 5.98. The molecular formula is C13H17BrN2O2. The highest BCUT2D eigenvalue weighted by atomic mass is 79.9. The fourth-order valence-electron chi connectivity index (χ4n) is 2.19. The molecular weight excluding hydrogens is 296 g/mol. The van der Waals surface area contributed by atoms with Gasteiger partial charge in [-0.25, -0.2) is 0 Å². The van der Waals surface area contributed by atoms with Gasteiger partial charge < -0.3 is 15.4 Å². The molecule has 4 nitrogen and oxygen atoms in total. The molecule has 1 aromatic rings. The fourth-order valence-corrected chi connectivity index (χ4v) is 2.73. The van der Waals surface area contributed by atoms with Crippen LogP contribution in [0.1, 0.15) is 16.8 Å². The van der Waals surface area contributed by atoms with Crippen molar-refractivity contribution >= 4 is 21.8 Å². The minimum absolute atomic E-state index is 0.0642. The predicted molar refractivity (Wildman–Crippen MR) is 73.8 cm³/mol. The van der Waals surface area contributed by atoms with E-state index in [0.717, 1.165) is 29.7 Å². The molecule has 1 aromatic carbocycles. The van der Waals surface area contributed by atoms with Gasteiger partial charge in [-0.05, 0) is 53.0 Å². The number of hydrogen-bond acceptors (Lipinski definition) is 3. The van der Waals surface area contributed by atoms with Crippen LogP contribution in [0.4, 0.5) is 0 Å². The molecule has 1 heterocycles. The molecule has 1 unspecified atom stereocenters. The van der Waals surface area contributed by atoms with Crippen LogP contribution in [0.5, 0.6) is 5.75 Å². The first-order chi connectivity index (χ1) is 8.65. The Kier molecular flexibility index (Phi) is 4.24. The minimum atomic E-state index is 0.0642. The zero-order valence-electron chi connectivity index (χ0n) is 10.4. The van der Waals surface area contributed by atoms with Crippen LogP contribution in [0.3, 0.4) is 0 Å². The van der Waals surface area contributed by atoms with Gasteiger partial charge in [-0.1, -0.05) is 0 Å². The standard InChI is InChI=1S/C13H17BrN2O2/c1-18-12-3-2-10(6-11(12)14)13(17)16-5-4-9(7-15)8-16/h2-3,6,9H,4-5,7-8,15H2,1H3. The van der Waals surface area contributed by atoms with E-state index in [9.17, 15) is 4.79 Å². The number of methoxy groups -OCH3 is 1. The van der Waals surface area contributed by atoms with E-state index in [1.54, 1.807) is 25.3 Å². The van der Waals surface area contributed by atoms with Crippen LogP contribution < -0.4 is 10.5 Å². The first-order valence-corrected chi connectivity index (χ1v) is 6.78. The van der Waals surface area contributed by atoms with Crippen molar-refractivity contribution in [2.75, 3.05) is 26.7 Å². The Hall–Kier alpha value is -1.07. The lowest BCUT2D eigenvalue weighted by atomic mass is 10.1. The third kappa shape index (κ3) is 2.67. The van der Waals surface area contributed by atoms with Crippen LogP contribution in [0.25, 0.3) is 0 Å². The summed E-state index contributed by atoms with van der Waals surface area (Å²) in [4.78, 5) is 14.2. The molecule has 1 saturated heterocycles. The second kappa shape index (κ2) is 5.71. The molecule has 1 atom stereocenters. The average molecular weight is 313 g/mol. The summed E-state index contributed by atoms with van der Waals surface area (Å²) in [5, 5.41) is 0. The molecule has 18 heavy (non-hydrogen) atoms. The summed E-state index contributed by atoms with van der Waals surface area (Å²) in [7, 11) is 1.61. The van der Waals surface area contributed by atoms with Gasteiger partial charge in [0.2, 0.25) is 0 Å². The van der Waals surface area contributed by atoms with Crippen LogP contribution in [0.15, 0.2) is 22.7 Å². The van der Waals surface area contributed by atoms with Crippen molar-refractivity contribution in [3.05, 3.63) is 28.2 Å². The Labute approximate surface area is 115 Å². The van der Waals surface area contributed by atoms with Crippen molar-refractivity contribution in [1.29, 1.82) is 0 Å². The molecule has 5 heteroatoms. The second-order valence-electron chi connectivity index (χ2n) is 4.49. The smallest absolute Gasteiger partial charge is 0.253 e. The molecule has 1 fully saturated rings. The monoisotopic (exact) mass is 312 g/mol. The fraction of sp³-hybridized carbons (Fsp3) is 0.462. The van der Waals surface area contributed by atoms with Crippen LogP contribution >= 0.6 is 15.9 Å². The van der Waals surface area contributed by atoms with E-state index in [1.165, 1.54) is 0 Å². The molecule has 2 rings (SSSR count). The van der Waals surface area contributed by atoms with Gasteiger partial charge in [0.15, 0.2) is 0 Å². The molecule has 98 valence electrons. The van der Waals surface area contributed by atoms with Gasteiger partial charge in [0, 0.05) is 18.7 Å². The molecule has 0 aromatic heterocycles.